The monoisotopic (exact) mass is 341 g/mol. The van der Waals surface area contributed by atoms with Gasteiger partial charge in [0.05, 0.1) is 18.4 Å². The molecule has 3 rings (SSSR count). The molecule has 1 N–H and O–H groups in total. The van der Waals surface area contributed by atoms with E-state index in [1.165, 1.54) is 18.4 Å². The van der Waals surface area contributed by atoms with Gasteiger partial charge in [-0.2, -0.15) is 0 Å². The Morgan fingerprint density at radius 2 is 1.84 bits per heavy atom. The highest BCUT2D eigenvalue weighted by Gasteiger charge is 2.19. The van der Waals surface area contributed by atoms with Crippen LogP contribution in [-0.4, -0.2) is 23.5 Å². The van der Waals surface area contributed by atoms with E-state index in [1.54, 1.807) is 31.2 Å². The van der Waals surface area contributed by atoms with Crippen LogP contribution in [0.25, 0.3) is 10.9 Å². The first-order valence-electron chi connectivity index (χ1n) is 7.63. The third-order valence-corrected chi connectivity index (χ3v) is 3.55. The number of pyridine rings is 1. The summed E-state index contributed by atoms with van der Waals surface area (Å²) >= 11 is 0. The molecule has 0 atom stereocenters. The Labute approximate surface area is 142 Å². The minimum atomic E-state index is -0.687. The number of hydrogen-bond donors (Lipinski definition) is 1. The third kappa shape index (κ3) is 3.45. The molecule has 7 nitrogen and oxygen atoms in total. The first-order valence-corrected chi connectivity index (χ1v) is 7.63. The molecule has 0 saturated carbocycles. The first kappa shape index (κ1) is 16.5. The topological polar surface area (TPSA) is 98.6 Å². The molecule has 3 aromatic rings. The van der Waals surface area contributed by atoms with Crippen molar-refractivity contribution < 1.29 is 23.5 Å². The van der Waals surface area contributed by atoms with E-state index < -0.39 is 17.5 Å². The van der Waals surface area contributed by atoms with Crippen molar-refractivity contribution in [3.8, 4) is 0 Å². The van der Waals surface area contributed by atoms with Crippen molar-refractivity contribution in [2.24, 2.45) is 0 Å². The van der Waals surface area contributed by atoms with Crippen molar-refractivity contribution >= 4 is 22.8 Å². The van der Waals surface area contributed by atoms with Gasteiger partial charge < -0.3 is 18.9 Å². The Kier molecular flexibility index (Phi) is 4.65. The Morgan fingerprint density at radius 1 is 1.08 bits per heavy atom. The highest BCUT2D eigenvalue weighted by Crippen LogP contribution is 2.18. The Balaban J connectivity index is 1.82. The molecule has 0 aliphatic carbocycles. The number of aromatic amines is 1. The van der Waals surface area contributed by atoms with Gasteiger partial charge in [-0.1, -0.05) is 18.2 Å². The lowest BCUT2D eigenvalue weighted by Gasteiger charge is -2.07. The van der Waals surface area contributed by atoms with Gasteiger partial charge in [0.1, 0.15) is 5.56 Å². The van der Waals surface area contributed by atoms with Crippen LogP contribution in [0, 0.1) is 0 Å². The standard InChI is InChI=1S/C18H15NO6/c1-2-23-17(21)12-7-8-24-15(12)10-25-18(22)13-9-16(20)19-14-6-4-3-5-11(13)14/h3-9H,2,10H2,1H3,(H,19,20). The van der Waals surface area contributed by atoms with E-state index in [2.05, 4.69) is 4.98 Å². The Hall–Kier alpha value is -3.35. The van der Waals surface area contributed by atoms with Crippen LogP contribution in [0.2, 0.25) is 0 Å². The van der Waals surface area contributed by atoms with E-state index in [0.29, 0.717) is 10.9 Å². The molecule has 7 heteroatoms. The zero-order chi connectivity index (χ0) is 17.8. The molecule has 2 heterocycles. The molecule has 1 aromatic carbocycles. The number of fused-ring (bicyclic) bond motifs is 1. The maximum absolute atomic E-state index is 12.4. The lowest BCUT2D eigenvalue weighted by Crippen LogP contribution is -2.13. The van der Waals surface area contributed by atoms with Gasteiger partial charge in [-0.3, -0.25) is 4.79 Å². The average molecular weight is 341 g/mol. The predicted octanol–water partition coefficient (Wildman–Crippen LogP) is 2.65. The van der Waals surface area contributed by atoms with Crippen molar-refractivity contribution in [1.29, 1.82) is 0 Å². The van der Waals surface area contributed by atoms with Crippen LogP contribution in [0.3, 0.4) is 0 Å². The molecule has 0 spiro atoms. The van der Waals surface area contributed by atoms with Crippen molar-refractivity contribution in [3.05, 3.63) is 69.9 Å². The molecule has 0 unspecified atom stereocenters. The second kappa shape index (κ2) is 7.04. The number of para-hydroxylation sites is 1. The maximum atomic E-state index is 12.4. The molecule has 0 amide bonds. The van der Waals surface area contributed by atoms with Gasteiger partial charge in [-0.05, 0) is 19.1 Å². The molecule has 25 heavy (non-hydrogen) atoms. The number of rotatable bonds is 5. The second-order valence-corrected chi connectivity index (χ2v) is 5.15. The van der Waals surface area contributed by atoms with E-state index in [9.17, 15) is 14.4 Å². The summed E-state index contributed by atoms with van der Waals surface area (Å²) in [5.41, 5.74) is 0.469. The SMILES string of the molecule is CCOC(=O)c1ccoc1COC(=O)c1cc(=O)[nH]c2ccccc12. The second-order valence-electron chi connectivity index (χ2n) is 5.15. The summed E-state index contributed by atoms with van der Waals surface area (Å²) in [6.07, 6.45) is 1.32. The minimum Gasteiger partial charge on any atom is -0.465 e. The Morgan fingerprint density at radius 3 is 2.64 bits per heavy atom. The van der Waals surface area contributed by atoms with Crippen molar-refractivity contribution in [3.63, 3.8) is 0 Å². The largest absolute Gasteiger partial charge is 0.465 e. The van der Waals surface area contributed by atoms with Gasteiger partial charge in [0.2, 0.25) is 5.56 Å². The molecule has 0 radical (unpaired) electrons. The number of aromatic nitrogens is 1. The summed E-state index contributed by atoms with van der Waals surface area (Å²) in [6.45, 7) is 1.67. The van der Waals surface area contributed by atoms with E-state index in [1.807, 2.05) is 0 Å². The zero-order valence-electron chi connectivity index (χ0n) is 13.4. The fraction of sp³-hybridized carbons (Fsp3) is 0.167. The number of hydrogen-bond acceptors (Lipinski definition) is 6. The van der Waals surface area contributed by atoms with Gasteiger partial charge >= 0.3 is 11.9 Å². The van der Waals surface area contributed by atoms with E-state index in [-0.39, 0.29) is 30.1 Å². The van der Waals surface area contributed by atoms with Crippen molar-refractivity contribution in [2.45, 2.75) is 13.5 Å². The number of furan rings is 1. The highest BCUT2D eigenvalue weighted by atomic mass is 16.5. The molecule has 0 fully saturated rings. The summed E-state index contributed by atoms with van der Waals surface area (Å²) < 4.78 is 15.3. The number of nitrogens with one attached hydrogen (secondary N) is 1. The van der Waals surface area contributed by atoms with Crippen LogP contribution in [0.4, 0.5) is 0 Å². The van der Waals surface area contributed by atoms with Crippen molar-refractivity contribution in [2.75, 3.05) is 6.61 Å². The average Bonchev–Trinajstić information content (AvgIpc) is 3.07. The van der Waals surface area contributed by atoms with E-state index in [4.69, 9.17) is 13.9 Å². The normalized spacial score (nSPS) is 10.6. The Bertz CT molecular complexity index is 984. The van der Waals surface area contributed by atoms with Crippen LogP contribution in [0.1, 0.15) is 33.4 Å². The van der Waals surface area contributed by atoms with Crippen LogP contribution >= 0.6 is 0 Å². The maximum Gasteiger partial charge on any atom is 0.341 e. The number of carbonyl (C=O) groups is 2. The molecule has 0 aliphatic rings. The van der Waals surface area contributed by atoms with Crippen LogP contribution in [0.5, 0.6) is 0 Å². The quantitative estimate of drug-likeness (QED) is 0.716. The predicted molar refractivity (Wildman–Crippen MR) is 88.4 cm³/mol. The zero-order valence-corrected chi connectivity index (χ0v) is 13.4. The summed E-state index contributed by atoms with van der Waals surface area (Å²) in [4.78, 5) is 38.5. The molecular formula is C18H15NO6. The van der Waals surface area contributed by atoms with Crippen molar-refractivity contribution in [1.82, 2.24) is 4.98 Å². The minimum absolute atomic E-state index is 0.142. The van der Waals surface area contributed by atoms with Crippen LogP contribution < -0.4 is 5.56 Å². The molecular weight excluding hydrogens is 326 g/mol. The third-order valence-electron chi connectivity index (χ3n) is 3.55. The summed E-state index contributed by atoms with van der Waals surface area (Å²) in [7, 11) is 0. The van der Waals surface area contributed by atoms with Gasteiger partial charge in [0.15, 0.2) is 12.4 Å². The highest BCUT2D eigenvalue weighted by molar-refractivity contribution is 6.03. The van der Waals surface area contributed by atoms with Gasteiger partial charge in [-0.15, -0.1) is 0 Å². The van der Waals surface area contributed by atoms with Crippen LogP contribution in [-0.2, 0) is 16.1 Å². The number of H-pyrrole nitrogens is 1. The van der Waals surface area contributed by atoms with Gasteiger partial charge in [0, 0.05) is 17.0 Å². The smallest absolute Gasteiger partial charge is 0.341 e. The fourth-order valence-electron chi connectivity index (χ4n) is 2.43. The molecule has 0 aliphatic heterocycles. The molecule has 2 aromatic heterocycles. The number of esters is 2. The number of benzene rings is 1. The lowest BCUT2D eigenvalue weighted by molar-refractivity contribution is 0.0424. The first-order chi connectivity index (χ1) is 12.1. The number of carbonyl (C=O) groups excluding carboxylic acids is 2. The van der Waals surface area contributed by atoms with Crippen LogP contribution in [0.15, 0.2) is 51.9 Å². The molecule has 128 valence electrons. The van der Waals surface area contributed by atoms with Gasteiger partial charge in [0.25, 0.3) is 0 Å². The fourth-order valence-corrected chi connectivity index (χ4v) is 2.43. The number of ether oxygens (including phenoxy) is 2. The van der Waals surface area contributed by atoms with E-state index >= 15 is 0 Å². The molecule has 0 saturated heterocycles. The summed E-state index contributed by atoms with van der Waals surface area (Å²) in [5.74, 6) is -1.06. The van der Waals surface area contributed by atoms with Gasteiger partial charge in [-0.25, -0.2) is 9.59 Å². The summed E-state index contributed by atoms with van der Waals surface area (Å²) in [5, 5.41) is 0.567. The lowest BCUT2D eigenvalue weighted by atomic mass is 10.1. The molecule has 0 bridgehead atoms. The summed E-state index contributed by atoms with van der Waals surface area (Å²) in [6, 6.07) is 9.53. The van der Waals surface area contributed by atoms with E-state index in [0.717, 1.165) is 0 Å².